The second kappa shape index (κ2) is 5.76. The van der Waals surface area contributed by atoms with Crippen LogP contribution in [-0.2, 0) is 6.61 Å². The Morgan fingerprint density at radius 3 is 2.47 bits per heavy atom. The van der Waals surface area contributed by atoms with Gasteiger partial charge in [-0.1, -0.05) is 32.0 Å². The number of aryl methyl sites for hydroxylation is 1. The molecule has 1 N–H and O–H groups in total. The van der Waals surface area contributed by atoms with E-state index in [0.29, 0.717) is 0 Å². The van der Waals surface area contributed by atoms with Gasteiger partial charge < -0.3 is 9.84 Å². The monoisotopic (exact) mass is 208 g/mol. The lowest BCUT2D eigenvalue weighted by molar-refractivity contribution is 0.183. The standard InChI is InChI=1S/C13H20O2/c1-4-12(5-2)15-13-10(3)7-6-8-11(13)9-14/h6-8,12,14H,4-5,9H2,1-3H3. The molecule has 0 saturated heterocycles. The lowest BCUT2D eigenvalue weighted by Crippen LogP contribution is -2.15. The zero-order valence-corrected chi connectivity index (χ0v) is 9.79. The number of aliphatic hydroxyl groups is 1. The first-order chi connectivity index (χ1) is 7.22. The van der Waals surface area contributed by atoms with E-state index in [2.05, 4.69) is 13.8 Å². The van der Waals surface area contributed by atoms with Gasteiger partial charge in [-0.25, -0.2) is 0 Å². The van der Waals surface area contributed by atoms with Crippen molar-refractivity contribution >= 4 is 0 Å². The number of rotatable bonds is 5. The van der Waals surface area contributed by atoms with E-state index in [9.17, 15) is 5.11 Å². The van der Waals surface area contributed by atoms with E-state index in [4.69, 9.17) is 4.74 Å². The van der Waals surface area contributed by atoms with Crippen LogP contribution in [-0.4, -0.2) is 11.2 Å². The summed E-state index contributed by atoms with van der Waals surface area (Å²) in [6.07, 6.45) is 2.24. The molecule has 1 aromatic carbocycles. The number of para-hydroxylation sites is 1. The van der Waals surface area contributed by atoms with Crippen LogP contribution in [0.5, 0.6) is 5.75 Å². The van der Waals surface area contributed by atoms with Gasteiger partial charge in [-0.3, -0.25) is 0 Å². The number of hydrogen-bond acceptors (Lipinski definition) is 2. The van der Waals surface area contributed by atoms with Gasteiger partial charge in [0.1, 0.15) is 5.75 Å². The second-order valence-electron chi connectivity index (χ2n) is 3.78. The highest BCUT2D eigenvalue weighted by atomic mass is 16.5. The fraction of sp³-hybridized carbons (Fsp3) is 0.538. The van der Waals surface area contributed by atoms with Crippen molar-refractivity contribution in [1.29, 1.82) is 0 Å². The molecule has 0 spiro atoms. The van der Waals surface area contributed by atoms with Gasteiger partial charge >= 0.3 is 0 Å². The zero-order chi connectivity index (χ0) is 11.3. The smallest absolute Gasteiger partial charge is 0.128 e. The van der Waals surface area contributed by atoms with Crippen molar-refractivity contribution < 1.29 is 9.84 Å². The molecule has 0 amide bonds. The molecule has 0 unspecified atom stereocenters. The highest BCUT2D eigenvalue weighted by molar-refractivity contribution is 5.40. The van der Waals surface area contributed by atoms with Crippen molar-refractivity contribution in [3.8, 4) is 5.75 Å². The molecule has 0 saturated carbocycles. The van der Waals surface area contributed by atoms with Crippen molar-refractivity contribution in [1.82, 2.24) is 0 Å². The van der Waals surface area contributed by atoms with Crippen LogP contribution in [0.2, 0.25) is 0 Å². The predicted molar refractivity (Wildman–Crippen MR) is 62.1 cm³/mol. The van der Waals surface area contributed by atoms with E-state index in [0.717, 1.165) is 29.7 Å². The molecule has 2 nitrogen and oxygen atoms in total. The number of aliphatic hydroxyl groups excluding tert-OH is 1. The Labute approximate surface area is 91.9 Å². The van der Waals surface area contributed by atoms with Gasteiger partial charge in [-0.2, -0.15) is 0 Å². The van der Waals surface area contributed by atoms with Gasteiger partial charge in [0.15, 0.2) is 0 Å². The molecule has 0 aromatic heterocycles. The third kappa shape index (κ3) is 2.96. The van der Waals surface area contributed by atoms with E-state index < -0.39 is 0 Å². The summed E-state index contributed by atoms with van der Waals surface area (Å²) in [6, 6.07) is 5.86. The maximum absolute atomic E-state index is 9.22. The molecule has 0 radical (unpaired) electrons. The van der Waals surface area contributed by atoms with E-state index in [1.54, 1.807) is 0 Å². The summed E-state index contributed by atoms with van der Waals surface area (Å²) in [5.74, 6) is 0.855. The molecule has 0 aliphatic heterocycles. The summed E-state index contributed by atoms with van der Waals surface area (Å²) >= 11 is 0. The van der Waals surface area contributed by atoms with Crippen LogP contribution >= 0.6 is 0 Å². The summed E-state index contributed by atoms with van der Waals surface area (Å²) in [4.78, 5) is 0. The minimum absolute atomic E-state index is 0.0389. The lowest BCUT2D eigenvalue weighted by atomic mass is 10.1. The third-order valence-corrected chi connectivity index (χ3v) is 2.66. The van der Waals surface area contributed by atoms with Crippen LogP contribution in [0.15, 0.2) is 18.2 Å². The summed E-state index contributed by atoms with van der Waals surface area (Å²) < 4.78 is 5.91. The fourth-order valence-electron chi connectivity index (χ4n) is 1.63. The average molecular weight is 208 g/mol. The minimum atomic E-state index is 0.0389. The van der Waals surface area contributed by atoms with Gasteiger partial charge in [0, 0.05) is 5.56 Å². The topological polar surface area (TPSA) is 29.5 Å². The molecule has 0 bridgehead atoms. The number of ether oxygens (including phenoxy) is 1. The first-order valence-corrected chi connectivity index (χ1v) is 5.58. The molecule has 0 aliphatic rings. The third-order valence-electron chi connectivity index (χ3n) is 2.66. The largest absolute Gasteiger partial charge is 0.490 e. The second-order valence-corrected chi connectivity index (χ2v) is 3.78. The van der Waals surface area contributed by atoms with Gasteiger partial charge in [-0.05, 0) is 25.3 Å². The maximum atomic E-state index is 9.22. The molecule has 15 heavy (non-hydrogen) atoms. The van der Waals surface area contributed by atoms with E-state index in [-0.39, 0.29) is 12.7 Å². The Morgan fingerprint density at radius 2 is 1.93 bits per heavy atom. The van der Waals surface area contributed by atoms with E-state index >= 15 is 0 Å². The zero-order valence-electron chi connectivity index (χ0n) is 9.79. The van der Waals surface area contributed by atoms with Crippen molar-refractivity contribution in [2.75, 3.05) is 0 Å². The van der Waals surface area contributed by atoms with Crippen LogP contribution < -0.4 is 4.74 Å². The first kappa shape index (κ1) is 12.1. The molecule has 0 fully saturated rings. The minimum Gasteiger partial charge on any atom is -0.490 e. The summed E-state index contributed by atoms with van der Waals surface area (Å²) in [6.45, 7) is 6.28. The highest BCUT2D eigenvalue weighted by Crippen LogP contribution is 2.25. The van der Waals surface area contributed by atoms with Gasteiger partial charge in [-0.15, -0.1) is 0 Å². The van der Waals surface area contributed by atoms with Crippen LogP contribution in [0.1, 0.15) is 37.8 Å². The molecular weight excluding hydrogens is 188 g/mol. The Hall–Kier alpha value is -1.02. The molecule has 2 heteroatoms. The summed E-state index contributed by atoms with van der Waals surface area (Å²) in [5.41, 5.74) is 1.97. The van der Waals surface area contributed by atoms with Crippen molar-refractivity contribution in [3.63, 3.8) is 0 Å². The van der Waals surface area contributed by atoms with Crippen molar-refractivity contribution in [3.05, 3.63) is 29.3 Å². The number of benzene rings is 1. The highest BCUT2D eigenvalue weighted by Gasteiger charge is 2.10. The van der Waals surface area contributed by atoms with Crippen LogP contribution in [0, 0.1) is 6.92 Å². The molecule has 1 rings (SSSR count). The maximum Gasteiger partial charge on any atom is 0.128 e. The SMILES string of the molecule is CCC(CC)Oc1c(C)cccc1CO. The summed E-state index contributed by atoms with van der Waals surface area (Å²) in [5, 5.41) is 9.22. The number of hydrogen-bond donors (Lipinski definition) is 1. The van der Waals surface area contributed by atoms with Crippen LogP contribution in [0.25, 0.3) is 0 Å². The molecule has 1 aromatic rings. The van der Waals surface area contributed by atoms with E-state index in [1.165, 1.54) is 0 Å². The molecule has 0 aliphatic carbocycles. The normalized spacial score (nSPS) is 10.7. The Bertz CT molecular complexity index is 303. The molecule has 84 valence electrons. The van der Waals surface area contributed by atoms with Crippen LogP contribution in [0.3, 0.4) is 0 Å². The van der Waals surface area contributed by atoms with E-state index in [1.807, 2.05) is 25.1 Å². The van der Waals surface area contributed by atoms with Gasteiger partial charge in [0.2, 0.25) is 0 Å². The first-order valence-electron chi connectivity index (χ1n) is 5.58. The quantitative estimate of drug-likeness (QED) is 0.805. The Balaban J connectivity index is 2.91. The van der Waals surface area contributed by atoms with Gasteiger partial charge in [0.25, 0.3) is 0 Å². The molecule has 0 heterocycles. The van der Waals surface area contributed by atoms with Crippen molar-refractivity contribution in [2.45, 2.75) is 46.3 Å². The van der Waals surface area contributed by atoms with Crippen molar-refractivity contribution in [2.24, 2.45) is 0 Å². The molecular formula is C13H20O2. The summed E-state index contributed by atoms with van der Waals surface area (Å²) in [7, 11) is 0. The average Bonchev–Trinajstić information content (AvgIpc) is 2.27. The van der Waals surface area contributed by atoms with Gasteiger partial charge in [0.05, 0.1) is 12.7 Å². The predicted octanol–water partition coefficient (Wildman–Crippen LogP) is 3.05. The molecule has 0 atom stereocenters. The fourth-order valence-corrected chi connectivity index (χ4v) is 1.63. The lowest BCUT2D eigenvalue weighted by Gasteiger charge is -2.19. The Morgan fingerprint density at radius 1 is 1.27 bits per heavy atom. The Kier molecular flexibility index (Phi) is 4.63. The van der Waals surface area contributed by atoms with Crippen LogP contribution in [0.4, 0.5) is 0 Å².